The fraction of sp³-hybridized carbons (Fsp3) is 0.167. The van der Waals surface area contributed by atoms with Gasteiger partial charge in [-0.1, -0.05) is 18.2 Å². The number of rotatable bonds is 6. The molecule has 1 heterocycles. The van der Waals surface area contributed by atoms with Crippen LogP contribution in [0.25, 0.3) is 0 Å². The molecule has 3 N–H and O–H groups in total. The number of amides is 1. The first kappa shape index (κ1) is 16.6. The Hall–Kier alpha value is -3.22. The molecule has 0 spiro atoms. The van der Waals surface area contributed by atoms with Gasteiger partial charge in [-0.2, -0.15) is 5.10 Å². The van der Waals surface area contributed by atoms with E-state index in [1.165, 1.54) is 18.5 Å². The standard InChI is InChI=1S/C18H18FN5O/c1-12(17-21-11-22-24-17)23-18(25)14-3-2-4-16(9-14)20-10-13-5-7-15(19)8-6-13/h2-9,11-12,20H,10H2,1H3,(H,23,25)(H,21,22,24). The van der Waals surface area contributed by atoms with Crippen LogP contribution < -0.4 is 10.6 Å². The summed E-state index contributed by atoms with van der Waals surface area (Å²) < 4.78 is 12.9. The predicted octanol–water partition coefficient (Wildman–Crippen LogP) is 3.05. The lowest BCUT2D eigenvalue weighted by Crippen LogP contribution is -2.27. The average Bonchev–Trinajstić information content (AvgIpc) is 3.16. The van der Waals surface area contributed by atoms with Crippen molar-refractivity contribution in [2.45, 2.75) is 19.5 Å². The van der Waals surface area contributed by atoms with Crippen LogP contribution in [0.5, 0.6) is 0 Å². The number of nitrogens with zero attached hydrogens (tertiary/aromatic N) is 2. The summed E-state index contributed by atoms with van der Waals surface area (Å²) in [4.78, 5) is 16.4. The van der Waals surface area contributed by atoms with E-state index in [1.54, 1.807) is 30.3 Å². The van der Waals surface area contributed by atoms with Crippen molar-refractivity contribution in [1.29, 1.82) is 0 Å². The minimum absolute atomic E-state index is 0.200. The molecule has 0 bridgehead atoms. The topological polar surface area (TPSA) is 82.7 Å². The smallest absolute Gasteiger partial charge is 0.251 e. The molecule has 1 unspecified atom stereocenters. The van der Waals surface area contributed by atoms with Crippen molar-refractivity contribution in [3.8, 4) is 0 Å². The molecule has 0 saturated heterocycles. The number of benzene rings is 2. The van der Waals surface area contributed by atoms with Crippen LogP contribution in [-0.4, -0.2) is 21.1 Å². The summed E-state index contributed by atoms with van der Waals surface area (Å²) in [6.45, 7) is 2.37. The highest BCUT2D eigenvalue weighted by atomic mass is 19.1. The number of hydrogen-bond acceptors (Lipinski definition) is 4. The Morgan fingerprint density at radius 1 is 1.24 bits per heavy atom. The monoisotopic (exact) mass is 339 g/mol. The lowest BCUT2D eigenvalue weighted by molar-refractivity contribution is 0.0938. The summed E-state index contributed by atoms with van der Waals surface area (Å²) in [5.41, 5.74) is 2.30. The van der Waals surface area contributed by atoms with Gasteiger partial charge in [-0.15, -0.1) is 0 Å². The van der Waals surface area contributed by atoms with E-state index >= 15 is 0 Å². The summed E-state index contributed by atoms with van der Waals surface area (Å²) in [7, 11) is 0. The maximum absolute atomic E-state index is 12.9. The van der Waals surface area contributed by atoms with Crippen LogP contribution in [0.1, 0.15) is 34.7 Å². The molecule has 0 aliphatic rings. The van der Waals surface area contributed by atoms with Crippen LogP contribution >= 0.6 is 0 Å². The minimum Gasteiger partial charge on any atom is -0.381 e. The Morgan fingerprint density at radius 3 is 2.76 bits per heavy atom. The summed E-state index contributed by atoms with van der Waals surface area (Å²) in [6.07, 6.45) is 1.40. The summed E-state index contributed by atoms with van der Waals surface area (Å²) >= 11 is 0. The lowest BCUT2D eigenvalue weighted by Gasteiger charge is -2.12. The third-order valence-corrected chi connectivity index (χ3v) is 3.73. The first-order chi connectivity index (χ1) is 12.1. The van der Waals surface area contributed by atoms with Gasteiger partial charge in [-0.25, -0.2) is 9.37 Å². The van der Waals surface area contributed by atoms with Crippen molar-refractivity contribution in [3.05, 3.63) is 77.6 Å². The van der Waals surface area contributed by atoms with Gasteiger partial charge in [-0.05, 0) is 42.8 Å². The quantitative estimate of drug-likeness (QED) is 0.645. The highest BCUT2D eigenvalue weighted by Gasteiger charge is 2.13. The molecule has 0 saturated carbocycles. The molecule has 7 heteroatoms. The zero-order chi connectivity index (χ0) is 17.6. The van der Waals surface area contributed by atoms with Crippen molar-refractivity contribution < 1.29 is 9.18 Å². The fourth-order valence-corrected chi connectivity index (χ4v) is 2.35. The van der Waals surface area contributed by atoms with Crippen LogP contribution in [0.15, 0.2) is 54.9 Å². The van der Waals surface area contributed by atoms with E-state index in [1.807, 2.05) is 13.0 Å². The van der Waals surface area contributed by atoms with Crippen molar-refractivity contribution in [1.82, 2.24) is 20.5 Å². The minimum atomic E-state index is -0.272. The second-order valence-electron chi connectivity index (χ2n) is 5.63. The van der Waals surface area contributed by atoms with E-state index in [0.717, 1.165) is 11.3 Å². The molecule has 128 valence electrons. The fourth-order valence-electron chi connectivity index (χ4n) is 2.35. The third kappa shape index (κ3) is 4.41. The molecule has 1 amide bonds. The van der Waals surface area contributed by atoms with Crippen molar-refractivity contribution >= 4 is 11.6 Å². The van der Waals surface area contributed by atoms with Crippen LogP contribution in [0.2, 0.25) is 0 Å². The molecule has 3 rings (SSSR count). The maximum Gasteiger partial charge on any atom is 0.251 e. The van der Waals surface area contributed by atoms with Gasteiger partial charge in [0.15, 0.2) is 0 Å². The zero-order valence-corrected chi connectivity index (χ0v) is 13.7. The van der Waals surface area contributed by atoms with Crippen LogP contribution in [0.4, 0.5) is 10.1 Å². The molecule has 0 aliphatic heterocycles. The van der Waals surface area contributed by atoms with Crippen LogP contribution in [-0.2, 0) is 6.54 Å². The van der Waals surface area contributed by atoms with Gasteiger partial charge in [0.25, 0.3) is 5.91 Å². The Kier molecular flexibility index (Phi) is 5.03. The second-order valence-corrected chi connectivity index (χ2v) is 5.63. The van der Waals surface area contributed by atoms with Gasteiger partial charge in [0, 0.05) is 17.8 Å². The molecule has 25 heavy (non-hydrogen) atoms. The van der Waals surface area contributed by atoms with Gasteiger partial charge < -0.3 is 10.6 Å². The highest BCUT2D eigenvalue weighted by Crippen LogP contribution is 2.14. The van der Waals surface area contributed by atoms with E-state index in [0.29, 0.717) is 17.9 Å². The van der Waals surface area contributed by atoms with E-state index in [4.69, 9.17) is 0 Å². The van der Waals surface area contributed by atoms with Gasteiger partial charge in [-0.3, -0.25) is 9.89 Å². The van der Waals surface area contributed by atoms with E-state index in [9.17, 15) is 9.18 Å². The largest absolute Gasteiger partial charge is 0.381 e. The summed E-state index contributed by atoms with van der Waals surface area (Å²) in [6, 6.07) is 13.2. The molecule has 0 fully saturated rings. The first-order valence-corrected chi connectivity index (χ1v) is 7.86. The number of H-pyrrole nitrogens is 1. The second kappa shape index (κ2) is 7.57. The molecular weight excluding hydrogens is 321 g/mol. The molecular formula is C18H18FN5O. The van der Waals surface area contributed by atoms with E-state index in [-0.39, 0.29) is 17.8 Å². The molecule has 0 aliphatic carbocycles. The molecule has 6 nitrogen and oxygen atoms in total. The highest BCUT2D eigenvalue weighted by molar-refractivity contribution is 5.95. The van der Waals surface area contributed by atoms with Crippen molar-refractivity contribution in [2.75, 3.05) is 5.32 Å². The van der Waals surface area contributed by atoms with Crippen LogP contribution in [0, 0.1) is 5.82 Å². The molecule has 1 aromatic heterocycles. The normalized spacial score (nSPS) is 11.8. The van der Waals surface area contributed by atoms with E-state index < -0.39 is 0 Å². The van der Waals surface area contributed by atoms with Gasteiger partial charge >= 0.3 is 0 Å². The number of aromatic nitrogens is 3. The molecule has 3 aromatic rings. The lowest BCUT2D eigenvalue weighted by atomic mass is 10.1. The van der Waals surface area contributed by atoms with Gasteiger partial charge in [0.1, 0.15) is 18.0 Å². The number of carbonyl (C=O) groups is 1. The number of nitrogens with one attached hydrogen (secondary N) is 3. The van der Waals surface area contributed by atoms with Gasteiger partial charge in [0.05, 0.1) is 6.04 Å². The Labute approximate surface area is 144 Å². The summed E-state index contributed by atoms with van der Waals surface area (Å²) in [5, 5.41) is 12.6. The van der Waals surface area contributed by atoms with Crippen molar-refractivity contribution in [3.63, 3.8) is 0 Å². The molecule has 2 aromatic carbocycles. The first-order valence-electron chi connectivity index (χ1n) is 7.86. The Balaban J connectivity index is 1.62. The number of anilines is 1. The van der Waals surface area contributed by atoms with E-state index in [2.05, 4.69) is 25.8 Å². The summed E-state index contributed by atoms with van der Waals surface area (Å²) in [5.74, 6) is 0.136. The number of aromatic amines is 1. The number of carbonyl (C=O) groups excluding carboxylic acids is 1. The number of halogens is 1. The van der Waals surface area contributed by atoms with Gasteiger partial charge in [0.2, 0.25) is 0 Å². The van der Waals surface area contributed by atoms with Crippen LogP contribution in [0.3, 0.4) is 0 Å². The molecule has 0 radical (unpaired) electrons. The average molecular weight is 339 g/mol. The predicted molar refractivity (Wildman–Crippen MR) is 92.4 cm³/mol. The zero-order valence-electron chi connectivity index (χ0n) is 13.7. The van der Waals surface area contributed by atoms with Crippen molar-refractivity contribution in [2.24, 2.45) is 0 Å². The Morgan fingerprint density at radius 2 is 2.04 bits per heavy atom. The molecule has 1 atom stereocenters. The third-order valence-electron chi connectivity index (χ3n) is 3.73. The number of hydrogen-bond donors (Lipinski definition) is 3. The maximum atomic E-state index is 12.9. The Bertz CT molecular complexity index is 833. The SMILES string of the molecule is CC(NC(=O)c1cccc(NCc2ccc(F)cc2)c1)c1ncn[nH]1.